The van der Waals surface area contributed by atoms with Crippen LogP contribution in [0.1, 0.15) is 55.9 Å². The van der Waals surface area contributed by atoms with Crippen LogP contribution in [0.5, 0.6) is 0 Å². The SMILES string of the molecule is CCCCc1ccc(N2c3cc4c(cc3B3c5c(cc(C)cc52)-c2cc(-c5ccccc5)ccc2N3c2ccccc2)-c2ccccc2C4(C)C)c(-c2ccccc2)c1. The standard InChI is InChI=1S/C56H47BN2/c1-5-6-18-38-27-29-51(44(33-38)40-21-12-8-13-22-40)58-53-36-49-45(43-25-16-17-26-48(43)56(49,3)4)35-50(53)57-55-47(31-37(2)32-54(55)58)46-34-41(39-19-10-7-11-20-39)28-30-52(46)59(57)42-23-14-9-15-24-42/h7-17,19-36H,5-6,18H2,1-4H3. The van der Waals surface area contributed by atoms with Crippen LogP contribution in [0.3, 0.4) is 0 Å². The minimum Gasteiger partial charge on any atom is -0.376 e. The Morgan fingerprint density at radius 2 is 1.19 bits per heavy atom. The number of hydrogen-bond donors (Lipinski definition) is 0. The lowest BCUT2D eigenvalue weighted by Crippen LogP contribution is -2.61. The van der Waals surface area contributed by atoms with Crippen molar-refractivity contribution in [2.75, 3.05) is 9.71 Å². The number of rotatable bonds is 7. The molecule has 3 heteroatoms. The lowest BCUT2D eigenvalue weighted by Gasteiger charge is -2.46. The predicted octanol–water partition coefficient (Wildman–Crippen LogP) is 13.7. The van der Waals surface area contributed by atoms with Crippen molar-refractivity contribution in [1.82, 2.24) is 0 Å². The van der Waals surface area contributed by atoms with E-state index in [0.717, 1.165) is 6.42 Å². The van der Waals surface area contributed by atoms with Gasteiger partial charge in [-0.1, -0.05) is 155 Å². The van der Waals surface area contributed by atoms with Crippen molar-refractivity contribution in [1.29, 1.82) is 0 Å². The number of nitrogens with zero attached hydrogens (tertiary/aromatic N) is 2. The van der Waals surface area contributed by atoms with Crippen LogP contribution in [0.4, 0.5) is 28.4 Å². The van der Waals surface area contributed by atoms with E-state index >= 15 is 0 Å². The van der Waals surface area contributed by atoms with Gasteiger partial charge in [-0.25, -0.2) is 0 Å². The molecule has 0 atom stereocenters. The number of benzene rings is 8. The van der Waals surface area contributed by atoms with E-state index in [1.807, 2.05) is 0 Å². The summed E-state index contributed by atoms with van der Waals surface area (Å²) >= 11 is 0. The highest BCUT2D eigenvalue weighted by atomic mass is 15.2. The molecule has 2 nitrogen and oxygen atoms in total. The Balaban J connectivity index is 1.26. The molecule has 0 unspecified atom stereocenters. The number of para-hydroxylation sites is 1. The second-order valence-corrected chi connectivity index (χ2v) is 17.2. The topological polar surface area (TPSA) is 6.48 Å². The summed E-state index contributed by atoms with van der Waals surface area (Å²) in [6, 6.07) is 66.4. The van der Waals surface area contributed by atoms with Gasteiger partial charge in [-0.2, -0.15) is 0 Å². The molecule has 0 N–H and O–H groups in total. The van der Waals surface area contributed by atoms with Gasteiger partial charge in [0.1, 0.15) is 0 Å². The smallest absolute Gasteiger partial charge is 0.333 e. The van der Waals surface area contributed by atoms with Crippen LogP contribution in [0.15, 0.2) is 176 Å². The zero-order valence-electron chi connectivity index (χ0n) is 34.3. The van der Waals surface area contributed by atoms with Crippen LogP contribution in [-0.2, 0) is 11.8 Å². The van der Waals surface area contributed by atoms with Crippen LogP contribution in [-0.4, -0.2) is 6.85 Å². The Kier molecular flexibility index (Phi) is 8.31. The Hall–Kier alpha value is -6.58. The van der Waals surface area contributed by atoms with Gasteiger partial charge in [-0.15, -0.1) is 0 Å². The first-order valence-corrected chi connectivity index (χ1v) is 21.4. The van der Waals surface area contributed by atoms with Crippen LogP contribution in [0, 0.1) is 6.92 Å². The van der Waals surface area contributed by atoms with Gasteiger partial charge in [0.05, 0.1) is 5.69 Å². The highest BCUT2D eigenvalue weighted by molar-refractivity contribution is 6.93. The molecule has 0 spiro atoms. The third-order valence-corrected chi connectivity index (χ3v) is 13.2. The highest BCUT2D eigenvalue weighted by Gasteiger charge is 2.47. The molecule has 8 aromatic carbocycles. The Bertz CT molecular complexity index is 2910. The Labute approximate surface area is 349 Å². The first kappa shape index (κ1) is 35.6. The summed E-state index contributed by atoms with van der Waals surface area (Å²) in [4.78, 5) is 5.27. The van der Waals surface area contributed by atoms with Crippen molar-refractivity contribution < 1.29 is 0 Å². The highest BCUT2D eigenvalue weighted by Crippen LogP contribution is 2.54. The molecule has 284 valence electrons. The second-order valence-electron chi connectivity index (χ2n) is 17.2. The molecule has 2 heterocycles. The van der Waals surface area contributed by atoms with Crippen molar-refractivity contribution >= 4 is 46.2 Å². The van der Waals surface area contributed by atoms with Gasteiger partial charge < -0.3 is 9.71 Å². The third kappa shape index (κ3) is 5.55. The monoisotopic (exact) mass is 758 g/mol. The largest absolute Gasteiger partial charge is 0.376 e. The minimum atomic E-state index is -0.150. The van der Waals surface area contributed by atoms with E-state index in [4.69, 9.17) is 0 Å². The van der Waals surface area contributed by atoms with Crippen molar-refractivity contribution in [2.45, 2.75) is 52.4 Å². The molecule has 0 bridgehead atoms. The fourth-order valence-electron chi connectivity index (χ4n) is 10.4. The summed E-state index contributed by atoms with van der Waals surface area (Å²) in [5.74, 6) is 0. The second kappa shape index (κ2) is 13.8. The molecule has 0 aromatic heterocycles. The number of unbranched alkanes of at least 4 members (excludes halogenated alkanes) is 1. The number of aryl methyl sites for hydroxylation is 2. The van der Waals surface area contributed by atoms with Crippen LogP contribution >= 0.6 is 0 Å². The van der Waals surface area contributed by atoms with Gasteiger partial charge >= 0.3 is 6.85 Å². The van der Waals surface area contributed by atoms with Gasteiger partial charge in [0.15, 0.2) is 0 Å². The summed E-state index contributed by atoms with van der Waals surface area (Å²) in [6.45, 7) is 9.31. The Morgan fingerprint density at radius 3 is 1.95 bits per heavy atom. The predicted molar refractivity (Wildman–Crippen MR) is 252 cm³/mol. The quantitative estimate of drug-likeness (QED) is 0.149. The van der Waals surface area contributed by atoms with E-state index in [2.05, 4.69) is 213 Å². The van der Waals surface area contributed by atoms with E-state index in [-0.39, 0.29) is 12.3 Å². The normalized spacial score (nSPS) is 14.0. The molecule has 2 aliphatic heterocycles. The third-order valence-electron chi connectivity index (χ3n) is 13.2. The van der Waals surface area contributed by atoms with Gasteiger partial charge in [0, 0.05) is 39.3 Å². The van der Waals surface area contributed by atoms with E-state index in [1.165, 1.54) is 119 Å². The van der Waals surface area contributed by atoms with Crippen molar-refractivity contribution in [3.63, 3.8) is 0 Å². The fourth-order valence-corrected chi connectivity index (χ4v) is 10.4. The van der Waals surface area contributed by atoms with Gasteiger partial charge in [-0.3, -0.25) is 0 Å². The molecule has 59 heavy (non-hydrogen) atoms. The number of anilines is 5. The molecule has 8 aromatic rings. The maximum atomic E-state index is 2.64. The lowest BCUT2D eigenvalue weighted by atomic mass is 9.43. The molecule has 0 amide bonds. The van der Waals surface area contributed by atoms with Crippen molar-refractivity contribution in [3.05, 3.63) is 198 Å². The van der Waals surface area contributed by atoms with Crippen LogP contribution < -0.4 is 20.6 Å². The molecule has 0 saturated carbocycles. The molecular formula is C56H47BN2. The Morgan fingerprint density at radius 1 is 0.492 bits per heavy atom. The van der Waals surface area contributed by atoms with Gasteiger partial charge in [0.25, 0.3) is 0 Å². The summed E-state index contributed by atoms with van der Waals surface area (Å²) in [7, 11) is 0. The van der Waals surface area contributed by atoms with Crippen LogP contribution in [0.25, 0.3) is 44.5 Å². The first-order chi connectivity index (χ1) is 28.9. The van der Waals surface area contributed by atoms with Gasteiger partial charge in [-0.05, 0) is 135 Å². The van der Waals surface area contributed by atoms with E-state index < -0.39 is 0 Å². The fraction of sp³-hybridized carbons (Fsp3) is 0.143. The summed E-state index contributed by atoms with van der Waals surface area (Å²) in [6.07, 6.45) is 3.42. The summed E-state index contributed by atoms with van der Waals surface area (Å²) < 4.78 is 0. The van der Waals surface area contributed by atoms with Crippen LogP contribution in [0.2, 0.25) is 0 Å². The van der Waals surface area contributed by atoms with E-state index in [1.54, 1.807) is 0 Å². The molecule has 0 saturated heterocycles. The summed E-state index contributed by atoms with van der Waals surface area (Å²) in [5.41, 5.74) is 24.3. The number of fused-ring (bicyclic) bond motifs is 7. The average molecular weight is 759 g/mol. The molecule has 0 radical (unpaired) electrons. The molecule has 1 aliphatic carbocycles. The number of hydrogen-bond acceptors (Lipinski definition) is 2. The molecule has 3 aliphatic rings. The zero-order valence-corrected chi connectivity index (χ0v) is 34.3. The summed E-state index contributed by atoms with van der Waals surface area (Å²) in [5, 5.41) is 0. The minimum absolute atomic E-state index is 0.0606. The molecule has 11 rings (SSSR count). The maximum Gasteiger partial charge on any atom is 0.333 e. The average Bonchev–Trinajstić information content (AvgIpc) is 3.50. The van der Waals surface area contributed by atoms with E-state index in [9.17, 15) is 0 Å². The molecule has 0 fully saturated rings. The first-order valence-electron chi connectivity index (χ1n) is 21.4. The zero-order chi connectivity index (χ0) is 39.8. The molecular weight excluding hydrogens is 711 g/mol. The van der Waals surface area contributed by atoms with Gasteiger partial charge in [0.2, 0.25) is 0 Å². The van der Waals surface area contributed by atoms with Crippen molar-refractivity contribution in [2.24, 2.45) is 0 Å². The lowest BCUT2D eigenvalue weighted by molar-refractivity contribution is 0.660. The maximum absolute atomic E-state index is 2.64. The van der Waals surface area contributed by atoms with Crippen molar-refractivity contribution in [3.8, 4) is 44.5 Å². The van der Waals surface area contributed by atoms with E-state index in [0.29, 0.717) is 0 Å².